The largest absolute Gasteiger partial charge is 0.493 e. The molecule has 4 N–H and O–H groups in total. The molecule has 0 spiro atoms. The Kier molecular flexibility index (Phi) is 8.39. The fraction of sp³-hybridized carbons (Fsp3) is 0.240. The number of pyridine rings is 1. The lowest BCUT2D eigenvalue weighted by atomic mass is 10.2. The molecule has 0 aliphatic carbocycles. The molecule has 0 saturated carbocycles. The molecular formula is C25H29N5O6. The standard InChI is InChI=1S/C25H29N5O6/c1-14-18(29-24(31)27-16-7-9-20(33-3)22(11-16)35-5)13-19(15(2)26-14)30-25(32)28-17-8-10-21(34-4)23(12-17)36-6/h7-13H,1-6H3,(H2,27,29,31)(H2,28,30,32). The van der Waals surface area contributed by atoms with Gasteiger partial charge < -0.3 is 40.2 Å². The van der Waals surface area contributed by atoms with Gasteiger partial charge in [0.1, 0.15) is 0 Å². The summed E-state index contributed by atoms with van der Waals surface area (Å²) in [6, 6.07) is 10.7. The average Bonchev–Trinajstić information content (AvgIpc) is 2.86. The fourth-order valence-corrected chi connectivity index (χ4v) is 3.38. The lowest BCUT2D eigenvalue weighted by Crippen LogP contribution is -2.22. The summed E-state index contributed by atoms with van der Waals surface area (Å²) in [6.07, 6.45) is 0. The molecule has 1 heterocycles. The van der Waals surface area contributed by atoms with Gasteiger partial charge in [-0.2, -0.15) is 0 Å². The second-order valence-electron chi connectivity index (χ2n) is 7.55. The summed E-state index contributed by atoms with van der Waals surface area (Å²) in [4.78, 5) is 29.7. The minimum absolute atomic E-state index is 0.431. The van der Waals surface area contributed by atoms with Crippen LogP contribution in [0.15, 0.2) is 42.5 Å². The minimum Gasteiger partial charge on any atom is -0.493 e. The number of anilines is 4. The Bertz CT molecular complexity index is 1170. The number of carbonyl (C=O) groups is 2. The van der Waals surface area contributed by atoms with Crippen LogP contribution in [0.3, 0.4) is 0 Å². The number of ether oxygens (including phenoxy) is 4. The van der Waals surface area contributed by atoms with Crippen LogP contribution in [-0.4, -0.2) is 45.5 Å². The van der Waals surface area contributed by atoms with Gasteiger partial charge in [0, 0.05) is 23.5 Å². The van der Waals surface area contributed by atoms with E-state index in [1.807, 2.05) is 0 Å². The van der Waals surface area contributed by atoms with Gasteiger partial charge >= 0.3 is 12.1 Å². The van der Waals surface area contributed by atoms with Crippen molar-refractivity contribution in [1.29, 1.82) is 0 Å². The number of rotatable bonds is 8. The van der Waals surface area contributed by atoms with E-state index in [1.165, 1.54) is 28.4 Å². The van der Waals surface area contributed by atoms with Crippen LogP contribution < -0.4 is 40.2 Å². The van der Waals surface area contributed by atoms with E-state index in [0.717, 1.165) is 0 Å². The van der Waals surface area contributed by atoms with Crippen LogP contribution in [0, 0.1) is 13.8 Å². The molecule has 1 aromatic heterocycles. The van der Waals surface area contributed by atoms with Crippen LogP contribution in [0.25, 0.3) is 0 Å². The number of amides is 4. The molecule has 11 heteroatoms. The monoisotopic (exact) mass is 495 g/mol. The van der Waals surface area contributed by atoms with Crippen LogP contribution in [-0.2, 0) is 0 Å². The zero-order valence-electron chi connectivity index (χ0n) is 20.9. The number of aryl methyl sites for hydroxylation is 2. The minimum atomic E-state index is -0.489. The summed E-state index contributed by atoms with van der Waals surface area (Å²) in [5, 5.41) is 11.0. The Labute approximate surface area is 209 Å². The van der Waals surface area contributed by atoms with Gasteiger partial charge in [0.2, 0.25) is 0 Å². The van der Waals surface area contributed by atoms with Gasteiger partial charge in [-0.15, -0.1) is 0 Å². The molecule has 3 aromatic rings. The highest BCUT2D eigenvalue weighted by Gasteiger charge is 2.14. The first-order valence-electron chi connectivity index (χ1n) is 10.9. The van der Waals surface area contributed by atoms with Crippen molar-refractivity contribution in [2.45, 2.75) is 13.8 Å². The van der Waals surface area contributed by atoms with E-state index in [2.05, 4.69) is 26.3 Å². The lowest BCUT2D eigenvalue weighted by Gasteiger charge is -2.15. The van der Waals surface area contributed by atoms with Crippen molar-refractivity contribution >= 4 is 34.8 Å². The van der Waals surface area contributed by atoms with Crippen molar-refractivity contribution in [3.8, 4) is 23.0 Å². The number of carbonyl (C=O) groups excluding carboxylic acids is 2. The predicted octanol–water partition coefficient (Wildman–Crippen LogP) is 5.02. The molecule has 36 heavy (non-hydrogen) atoms. The summed E-state index contributed by atoms with van der Waals surface area (Å²) in [5.74, 6) is 2.05. The third kappa shape index (κ3) is 6.26. The average molecular weight is 496 g/mol. The Hall–Kier alpha value is -4.67. The number of aromatic nitrogens is 1. The van der Waals surface area contributed by atoms with Crippen LogP contribution in [0.1, 0.15) is 11.4 Å². The fourth-order valence-electron chi connectivity index (χ4n) is 3.38. The number of methoxy groups -OCH3 is 4. The number of nitrogens with zero attached hydrogens (tertiary/aromatic N) is 1. The summed E-state index contributed by atoms with van der Waals surface area (Å²) >= 11 is 0. The summed E-state index contributed by atoms with van der Waals surface area (Å²) in [6.45, 7) is 3.51. The first-order valence-corrected chi connectivity index (χ1v) is 10.9. The number of benzene rings is 2. The van der Waals surface area contributed by atoms with Crippen molar-refractivity contribution in [2.75, 3.05) is 49.7 Å². The maximum absolute atomic E-state index is 12.6. The third-order valence-electron chi connectivity index (χ3n) is 5.18. The van der Waals surface area contributed by atoms with Crippen LogP contribution in [0.4, 0.5) is 32.3 Å². The molecule has 2 aromatic carbocycles. The van der Waals surface area contributed by atoms with Gasteiger partial charge in [-0.1, -0.05) is 0 Å². The van der Waals surface area contributed by atoms with E-state index in [4.69, 9.17) is 18.9 Å². The summed E-state index contributed by atoms with van der Waals surface area (Å²) in [5.41, 5.74) is 3.05. The van der Waals surface area contributed by atoms with Gasteiger partial charge in [0.25, 0.3) is 0 Å². The summed E-state index contributed by atoms with van der Waals surface area (Å²) in [7, 11) is 6.09. The highest BCUT2D eigenvalue weighted by Crippen LogP contribution is 2.31. The van der Waals surface area contributed by atoms with Gasteiger partial charge in [-0.25, -0.2) is 9.59 Å². The second-order valence-corrected chi connectivity index (χ2v) is 7.55. The van der Waals surface area contributed by atoms with Gasteiger partial charge in [0.05, 0.1) is 51.2 Å². The van der Waals surface area contributed by atoms with E-state index in [0.29, 0.717) is 57.1 Å². The Morgan fingerprint density at radius 2 is 0.972 bits per heavy atom. The zero-order chi connectivity index (χ0) is 26.2. The maximum Gasteiger partial charge on any atom is 0.323 e. The summed E-state index contributed by atoms with van der Waals surface area (Å²) < 4.78 is 20.9. The molecule has 0 aliphatic heterocycles. The smallest absolute Gasteiger partial charge is 0.323 e. The molecule has 0 radical (unpaired) electrons. The van der Waals surface area contributed by atoms with Gasteiger partial charge in [0.15, 0.2) is 23.0 Å². The Morgan fingerprint density at radius 1 is 0.583 bits per heavy atom. The van der Waals surface area contributed by atoms with Crippen molar-refractivity contribution in [3.05, 3.63) is 53.9 Å². The molecule has 4 amide bonds. The molecule has 0 fully saturated rings. The number of hydrogen-bond acceptors (Lipinski definition) is 7. The van der Waals surface area contributed by atoms with Crippen molar-refractivity contribution in [2.24, 2.45) is 0 Å². The molecule has 0 bridgehead atoms. The number of nitrogens with one attached hydrogen (secondary N) is 4. The van der Waals surface area contributed by atoms with E-state index < -0.39 is 12.1 Å². The Balaban J connectivity index is 1.70. The lowest BCUT2D eigenvalue weighted by molar-refractivity contribution is 0.261. The van der Waals surface area contributed by atoms with Crippen molar-refractivity contribution in [3.63, 3.8) is 0 Å². The molecule has 11 nitrogen and oxygen atoms in total. The molecule has 0 saturated heterocycles. The number of urea groups is 2. The molecule has 0 aliphatic rings. The highest BCUT2D eigenvalue weighted by atomic mass is 16.5. The Morgan fingerprint density at radius 3 is 1.33 bits per heavy atom. The van der Waals surface area contributed by atoms with Crippen LogP contribution in [0.2, 0.25) is 0 Å². The predicted molar refractivity (Wildman–Crippen MR) is 138 cm³/mol. The third-order valence-corrected chi connectivity index (χ3v) is 5.18. The second kappa shape index (κ2) is 11.6. The number of hydrogen-bond donors (Lipinski definition) is 4. The molecule has 190 valence electrons. The quantitative estimate of drug-likeness (QED) is 0.345. The zero-order valence-corrected chi connectivity index (χ0v) is 20.9. The molecule has 0 unspecified atom stereocenters. The first kappa shape index (κ1) is 25.9. The normalized spacial score (nSPS) is 10.2. The molecule has 3 rings (SSSR count). The topological polar surface area (TPSA) is 132 Å². The van der Waals surface area contributed by atoms with Crippen molar-refractivity contribution in [1.82, 2.24) is 4.98 Å². The highest BCUT2D eigenvalue weighted by molar-refractivity contribution is 6.03. The van der Waals surface area contributed by atoms with E-state index in [9.17, 15) is 9.59 Å². The van der Waals surface area contributed by atoms with E-state index in [1.54, 1.807) is 56.3 Å². The molecular weight excluding hydrogens is 466 g/mol. The van der Waals surface area contributed by atoms with Gasteiger partial charge in [-0.05, 0) is 44.2 Å². The van der Waals surface area contributed by atoms with Crippen LogP contribution in [0.5, 0.6) is 23.0 Å². The van der Waals surface area contributed by atoms with Crippen molar-refractivity contribution < 1.29 is 28.5 Å². The SMILES string of the molecule is COc1ccc(NC(=O)Nc2cc(NC(=O)Nc3ccc(OC)c(OC)c3)c(C)nc2C)cc1OC. The van der Waals surface area contributed by atoms with Gasteiger partial charge in [-0.3, -0.25) is 4.98 Å². The van der Waals surface area contributed by atoms with E-state index in [-0.39, 0.29) is 0 Å². The first-order chi connectivity index (χ1) is 17.3. The molecule has 0 atom stereocenters. The van der Waals surface area contributed by atoms with Crippen LogP contribution >= 0.6 is 0 Å². The van der Waals surface area contributed by atoms with E-state index >= 15 is 0 Å². The maximum atomic E-state index is 12.6.